The van der Waals surface area contributed by atoms with Crippen LogP contribution in [0.1, 0.15) is 5.56 Å². The Morgan fingerprint density at radius 1 is 1.50 bits per heavy atom. The van der Waals surface area contributed by atoms with Crippen LogP contribution < -0.4 is 16.2 Å². The monoisotopic (exact) mass is 286 g/mol. The number of methoxy groups -OCH3 is 1. The van der Waals surface area contributed by atoms with Gasteiger partial charge in [-0.15, -0.1) is 5.10 Å². The van der Waals surface area contributed by atoms with Gasteiger partial charge in [-0.2, -0.15) is 5.10 Å². The van der Waals surface area contributed by atoms with E-state index in [0.717, 1.165) is 4.47 Å². The third-order valence-corrected chi connectivity index (χ3v) is 2.12. The van der Waals surface area contributed by atoms with Crippen LogP contribution in [0.5, 0.6) is 11.5 Å². The van der Waals surface area contributed by atoms with Gasteiger partial charge in [0.1, 0.15) is 0 Å². The van der Waals surface area contributed by atoms with Gasteiger partial charge in [0.25, 0.3) is 0 Å². The van der Waals surface area contributed by atoms with Gasteiger partial charge in [0.05, 0.1) is 13.3 Å². The van der Waals surface area contributed by atoms with Crippen molar-refractivity contribution >= 4 is 28.1 Å². The lowest BCUT2D eigenvalue weighted by atomic mass is 10.2. The Morgan fingerprint density at radius 2 is 2.19 bits per heavy atom. The minimum Gasteiger partial charge on any atom is -0.504 e. The summed E-state index contributed by atoms with van der Waals surface area (Å²) >= 11 is 3.27. The summed E-state index contributed by atoms with van der Waals surface area (Å²) in [5.74, 6) is 0.151. The standard InChI is InChI=1S/C9H11BrN4O2/c1-16-7-3-6(10)2-5(8(7)15)4-13-14-9(11)12/h2-4,15H,1H3,(H4,11,12,14). The molecule has 6 nitrogen and oxygen atoms in total. The van der Waals surface area contributed by atoms with Crippen molar-refractivity contribution < 1.29 is 9.84 Å². The van der Waals surface area contributed by atoms with Gasteiger partial charge in [0, 0.05) is 10.0 Å². The van der Waals surface area contributed by atoms with Crippen LogP contribution in [0.4, 0.5) is 0 Å². The lowest BCUT2D eigenvalue weighted by Crippen LogP contribution is -2.21. The first-order chi connectivity index (χ1) is 7.54. The Labute approximate surface area is 101 Å². The van der Waals surface area contributed by atoms with Crippen molar-refractivity contribution in [3.8, 4) is 11.5 Å². The molecule has 0 heterocycles. The summed E-state index contributed by atoms with van der Waals surface area (Å²) in [7, 11) is 1.46. The summed E-state index contributed by atoms with van der Waals surface area (Å²) in [4.78, 5) is 0. The molecule has 0 saturated carbocycles. The van der Waals surface area contributed by atoms with Crippen LogP contribution in [0.3, 0.4) is 0 Å². The van der Waals surface area contributed by atoms with E-state index in [9.17, 15) is 5.11 Å². The zero-order valence-electron chi connectivity index (χ0n) is 8.51. The van der Waals surface area contributed by atoms with Crippen LogP contribution in [0.25, 0.3) is 0 Å². The number of phenols is 1. The number of nitrogens with two attached hydrogens (primary N) is 2. The third kappa shape index (κ3) is 3.13. The number of benzene rings is 1. The molecule has 86 valence electrons. The van der Waals surface area contributed by atoms with Crippen LogP contribution in [-0.4, -0.2) is 24.4 Å². The molecule has 1 aromatic carbocycles. The average molecular weight is 287 g/mol. The summed E-state index contributed by atoms with van der Waals surface area (Å²) in [5, 5.41) is 16.7. The molecule has 5 N–H and O–H groups in total. The first-order valence-corrected chi connectivity index (χ1v) is 5.02. The maximum absolute atomic E-state index is 9.73. The number of guanidine groups is 1. The minimum atomic E-state index is -0.155. The van der Waals surface area contributed by atoms with Crippen molar-refractivity contribution in [1.82, 2.24) is 0 Å². The summed E-state index contributed by atoms with van der Waals surface area (Å²) in [5.41, 5.74) is 10.6. The van der Waals surface area contributed by atoms with Crippen molar-refractivity contribution in [3.63, 3.8) is 0 Å². The van der Waals surface area contributed by atoms with Crippen LogP contribution >= 0.6 is 15.9 Å². The number of rotatable bonds is 3. The highest BCUT2D eigenvalue weighted by Crippen LogP contribution is 2.32. The second-order valence-corrected chi connectivity index (χ2v) is 3.73. The highest BCUT2D eigenvalue weighted by Gasteiger charge is 2.07. The van der Waals surface area contributed by atoms with E-state index in [2.05, 4.69) is 26.1 Å². The number of phenolic OH excluding ortho intramolecular Hbond substituents is 1. The highest BCUT2D eigenvalue weighted by molar-refractivity contribution is 9.10. The average Bonchev–Trinajstić information content (AvgIpc) is 2.22. The number of hydrogen-bond acceptors (Lipinski definition) is 4. The van der Waals surface area contributed by atoms with Gasteiger partial charge in [-0.05, 0) is 12.1 Å². The molecule has 0 amide bonds. The van der Waals surface area contributed by atoms with Gasteiger partial charge in [-0.3, -0.25) is 0 Å². The minimum absolute atomic E-state index is 0.0276. The predicted molar refractivity (Wildman–Crippen MR) is 65.8 cm³/mol. The fourth-order valence-electron chi connectivity index (χ4n) is 1.01. The van der Waals surface area contributed by atoms with E-state index in [1.807, 2.05) is 0 Å². The van der Waals surface area contributed by atoms with Crippen molar-refractivity contribution in [2.45, 2.75) is 0 Å². The number of nitrogens with zero attached hydrogens (tertiary/aromatic N) is 2. The van der Waals surface area contributed by atoms with Crippen LogP contribution in [-0.2, 0) is 0 Å². The first kappa shape index (κ1) is 12.3. The Balaban J connectivity index is 3.09. The SMILES string of the molecule is COc1cc(Br)cc(C=NN=C(N)N)c1O. The zero-order valence-corrected chi connectivity index (χ0v) is 10.1. The molecule has 16 heavy (non-hydrogen) atoms. The number of aromatic hydroxyl groups is 1. The molecule has 0 spiro atoms. The molecule has 0 radical (unpaired) electrons. The molecule has 0 aromatic heterocycles. The van der Waals surface area contributed by atoms with Gasteiger partial charge in [0.2, 0.25) is 5.96 Å². The molecule has 0 unspecified atom stereocenters. The summed E-state index contributed by atoms with van der Waals surface area (Å²) < 4.78 is 5.71. The molecule has 0 aliphatic heterocycles. The molecular weight excluding hydrogens is 276 g/mol. The van der Waals surface area contributed by atoms with Gasteiger partial charge < -0.3 is 21.3 Å². The van der Waals surface area contributed by atoms with Crippen LogP contribution in [0.2, 0.25) is 0 Å². The molecule has 0 atom stereocenters. The van der Waals surface area contributed by atoms with E-state index in [0.29, 0.717) is 11.3 Å². The smallest absolute Gasteiger partial charge is 0.211 e. The molecule has 1 rings (SSSR count). The maximum atomic E-state index is 9.73. The van der Waals surface area contributed by atoms with Crippen LogP contribution in [0.15, 0.2) is 26.8 Å². The molecule has 7 heteroatoms. The first-order valence-electron chi connectivity index (χ1n) is 4.23. The Morgan fingerprint density at radius 3 is 2.75 bits per heavy atom. The number of halogens is 1. The van der Waals surface area contributed by atoms with Crippen molar-refractivity contribution in [2.24, 2.45) is 21.7 Å². The summed E-state index contributed by atoms with van der Waals surface area (Å²) in [6, 6.07) is 3.29. The van der Waals surface area contributed by atoms with Crippen molar-refractivity contribution in [1.29, 1.82) is 0 Å². The van der Waals surface area contributed by atoms with Crippen molar-refractivity contribution in [2.75, 3.05) is 7.11 Å². The second kappa shape index (κ2) is 5.36. The zero-order chi connectivity index (χ0) is 12.1. The number of hydrogen-bond donors (Lipinski definition) is 3. The molecule has 0 aliphatic rings. The molecule has 0 fully saturated rings. The fourth-order valence-corrected chi connectivity index (χ4v) is 1.46. The normalized spacial score (nSPS) is 10.4. The lowest BCUT2D eigenvalue weighted by Gasteiger charge is -2.06. The van der Waals surface area contributed by atoms with E-state index in [1.165, 1.54) is 13.3 Å². The van der Waals surface area contributed by atoms with E-state index in [4.69, 9.17) is 16.2 Å². The van der Waals surface area contributed by atoms with E-state index >= 15 is 0 Å². The molecule has 0 bridgehead atoms. The maximum Gasteiger partial charge on any atom is 0.211 e. The quantitative estimate of drug-likeness (QED) is 0.433. The predicted octanol–water partition coefficient (Wildman–Crippen LogP) is 0.771. The van der Waals surface area contributed by atoms with Gasteiger partial charge in [-0.25, -0.2) is 0 Å². The van der Waals surface area contributed by atoms with E-state index in [-0.39, 0.29) is 11.7 Å². The molecule has 0 saturated heterocycles. The van der Waals surface area contributed by atoms with Crippen molar-refractivity contribution in [3.05, 3.63) is 22.2 Å². The molecular formula is C9H11BrN4O2. The van der Waals surface area contributed by atoms with Gasteiger partial charge in [0.15, 0.2) is 11.5 Å². The highest BCUT2D eigenvalue weighted by atomic mass is 79.9. The molecule has 0 aliphatic carbocycles. The largest absolute Gasteiger partial charge is 0.504 e. The topological polar surface area (TPSA) is 106 Å². The fraction of sp³-hybridized carbons (Fsp3) is 0.111. The molecule has 1 aromatic rings. The Bertz CT molecular complexity index is 441. The number of ether oxygens (including phenoxy) is 1. The third-order valence-electron chi connectivity index (χ3n) is 1.66. The lowest BCUT2D eigenvalue weighted by molar-refractivity contribution is 0.373. The Hall–Kier alpha value is -1.76. The summed E-state index contributed by atoms with van der Waals surface area (Å²) in [6.07, 6.45) is 1.32. The van der Waals surface area contributed by atoms with Gasteiger partial charge >= 0.3 is 0 Å². The van der Waals surface area contributed by atoms with Gasteiger partial charge in [-0.1, -0.05) is 15.9 Å². The van der Waals surface area contributed by atoms with E-state index in [1.54, 1.807) is 12.1 Å². The van der Waals surface area contributed by atoms with E-state index < -0.39 is 0 Å². The van der Waals surface area contributed by atoms with Crippen LogP contribution in [0, 0.1) is 0 Å². The summed E-state index contributed by atoms with van der Waals surface area (Å²) in [6.45, 7) is 0. The Kier molecular flexibility index (Phi) is 4.12. The second-order valence-electron chi connectivity index (χ2n) is 2.82.